The van der Waals surface area contributed by atoms with Gasteiger partial charge in [-0.3, -0.25) is 5.43 Å². The van der Waals surface area contributed by atoms with E-state index >= 15 is 0 Å². The fourth-order valence-corrected chi connectivity index (χ4v) is 4.95. The van der Waals surface area contributed by atoms with Crippen LogP contribution in [0.1, 0.15) is 31.0 Å². The van der Waals surface area contributed by atoms with Gasteiger partial charge in [0.15, 0.2) is 0 Å². The van der Waals surface area contributed by atoms with E-state index < -0.39 is 0 Å². The maximum atomic E-state index is 4.66. The number of hydrazone groups is 1. The molecule has 5 rings (SSSR count). The quantitative estimate of drug-likeness (QED) is 0.280. The van der Waals surface area contributed by atoms with Crippen molar-refractivity contribution < 1.29 is 0 Å². The number of aromatic nitrogens is 1. The van der Waals surface area contributed by atoms with E-state index in [1.807, 2.05) is 6.92 Å². The van der Waals surface area contributed by atoms with Crippen LogP contribution >= 0.6 is 23.1 Å². The maximum Gasteiger partial charge on any atom is 0.203 e. The molecular formula is C23H20N4S2. The Morgan fingerprint density at radius 3 is 2.90 bits per heavy atom. The van der Waals surface area contributed by atoms with Crippen LogP contribution in [0.4, 0.5) is 16.5 Å². The van der Waals surface area contributed by atoms with Crippen molar-refractivity contribution in [2.24, 2.45) is 5.10 Å². The van der Waals surface area contributed by atoms with E-state index in [-0.39, 0.29) is 0 Å². The van der Waals surface area contributed by atoms with Gasteiger partial charge in [0.1, 0.15) is 0 Å². The standard InChI is InChI=1S/C23H20N4S2/c1-15(26-27-23-25-20(14-28-23)16-7-3-2-4-8-16)17-11-12-22-19(13-17)24-18-9-5-6-10-21(18)29-22/h3,5-14,24H,2,4H2,1H3,(H,25,27). The van der Waals surface area contributed by atoms with Gasteiger partial charge < -0.3 is 5.32 Å². The zero-order chi connectivity index (χ0) is 19.6. The van der Waals surface area contributed by atoms with Gasteiger partial charge in [-0.05, 0) is 55.2 Å². The van der Waals surface area contributed by atoms with Gasteiger partial charge in [-0.25, -0.2) is 4.98 Å². The van der Waals surface area contributed by atoms with E-state index in [9.17, 15) is 0 Å². The fraction of sp³-hybridized carbons (Fsp3) is 0.130. The molecule has 2 aliphatic rings. The van der Waals surface area contributed by atoms with Gasteiger partial charge in [0, 0.05) is 15.2 Å². The summed E-state index contributed by atoms with van der Waals surface area (Å²) in [4.78, 5) is 7.14. The summed E-state index contributed by atoms with van der Waals surface area (Å²) in [7, 11) is 0. The minimum atomic E-state index is 0.805. The third kappa shape index (κ3) is 3.86. The Morgan fingerprint density at radius 2 is 2.00 bits per heavy atom. The molecule has 0 saturated heterocycles. The van der Waals surface area contributed by atoms with Crippen LogP contribution in [0.5, 0.6) is 0 Å². The van der Waals surface area contributed by atoms with Gasteiger partial charge in [0.05, 0.1) is 22.8 Å². The number of nitrogens with one attached hydrogen (secondary N) is 2. The molecule has 2 aromatic carbocycles. The first kappa shape index (κ1) is 18.2. The molecule has 3 aromatic rings. The molecule has 0 amide bonds. The summed E-state index contributed by atoms with van der Waals surface area (Å²) in [6.45, 7) is 2.01. The van der Waals surface area contributed by atoms with E-state index in [1.54, 1.807) is 23.1 Å². The number of anilines is 3. The Hall–Kier alpha value is -2.83. The Morgan fingerprint density at radius 1 is 1.10 bits per heavy atom. The van der Waals surface area contributed by atoms with Gasteiger partial charge >= 0.3 is 0 Å². The lowest BCUT2D eigenvalue weighted by Crippen LogP contribution is -2.04. The van der Waals surface area contributed by atoms with Crippen molar-refractivity contribution in [3.05, 3.63) is 77.3 Å². The largest absolute Gasteiger partial charge is 0.354 e. The van der Waals surface area contributed by atoms with E-state index in [2.05, 4.69) is 86.9 Å². The highest BCUT2D eigenvalue weighted by Crippen LogP contribution is 2.44. The average molecular weight is 417 g/mol. The van der Waals surface area contributed by atoms with Crippen LogP contribution in [-0.4, -0.2) is 10.7 Å². The van der Waals surface area contributed by atoms with Crippen molar-refractivity contribution in [1.82, 2.24) is 4.98 Å². The number of nitrogens with zero attached hydrogens (tertiary/aromatic N) is 2. The summed E-state index contributed by atoms with van der Waals surface area (Å²) in [5.74, 6) is 0. The number of allylic oxidation sites excluding steroid dienone is 4. The number of hydrogen-bond acceptors (Lipinski definition) is 6. The molecular weight excluding hydrogens is 396 g/mol. The first-order chi connectivity index (χ1) is 14.3. The van der Waals surface area contributed by atoms with Gasteiger partial charge in [-0.1, -0.05) is 48.2 Å². The molecule has 0 fully saturated rings. The van der Waals surface area contributed by atoms with Gasteiger partial charge in [0.2, 0.25) is 5.13 Å². The second kappa shape index (κ2) is 7.89. The van der Waals surface area contributed by atoms with E-state index in [1.165, 1.54) is 15.4 Å². The number of para-hydroxylation sites is 1. The smallest absolute Gasteiger partial charge is 0.203 e. The summed E-state index contributed by atoms with van der Waals surface area (Å²) >= 11 is 3.37. The van der Waals surface area contributed by atoms with Crippen LogP contribution in [0.25, 0.3) is 5.57 Å². The highest BCUT2D eigenvalue weighted by molar-refractivity contribution is 7.99. The summed E-state index contributed by atoms with van der Waals surface area (Å²) < 4.78 is 0. The molecule has 2 heterocycles. The molecule has 2 N–H and O–H groups in total. The fourth-order valence-electron chi connectivity index (χ4n) is 3.32. The van der Waals surface area contributed by atoms with Crippen molar-refractivity contribution >= 4 is 50.9 Å². The molecule has 29 heavy (non-hydrogen) atoms. The topological polar surface area (TPSA) is 49.3 Å². The van der Waals surface area contributed by atoms with Crippen molar-refractivity contribution in [1.29, 1.82) is 0 Å². The molecule has 6 heteroatoms. The van der Waals surface area contributed by atoms with Gasteiger partial charge in [-0.15, -0.1) is 11.3 Å². The molecule has 1 aliphatic heterocycles. The molecule has 0 unspecified atom stereocenters. The molecule has 0 saturated carbocycles. The summed E-state index contributed by atoms with van der Waals surface area (Å²) in [6.07, 6.45) is 8.78. The monoisotopic (exact) mass is 416 g/mol. The van der Waals surface area contributed by atoms with Crippen LogP contribution in [-0.2, 0) is 0 Å². The second-order valence-corrected chi connectivity index (χ2v) is 8.86. The highest BCUT2D eigenvalue weighted by atomic mass is 32.2. The van der Waals surface area contributed by atoms with Crippen molar-refractivity contribution in [3.8, 4) is 0 Å². The molecule has 0 radical (unpaired) electrons. The Kier molecular flexibility index (Phi) is 4.96. The van der Waals surface area contributed by atoms with E-state index in [0.29, 0.717) is 0 Å². The molecule has 0 atom stereocenters. The molecule has 4 nitrogen and oxygen atoms in total. The van der Waals surface area contributed by atoms with E-state index in [0.717, 1.165) is 46.3 Å². The maximum absolute atomic E-state index is 4.66. The predicted octanol–water partition coefficient (Wildman–Crippen LogP) is 6.92. The molecule has 0 spiro atoms. The van der Waals surface area contributed by atoms with Crippen molar-refractivity contribution in [3.63, 3.8) is 0 Å². The summed E-state index contributed by atoms with van der Waals surface area (Å²) in [5.41, 5.74) is 9.59. The molecule has 144 valence electrons. The van der Waals surface area contributed by atoms with Crippen LogP contribution in [0, 0.1) is 0 Å². The van der Waals surface area contributed by atoms with Crippen LogP contribution < -0.4 is 10.7 Å². The first-order valence-corrected chi connectivity index (χ1v) is 11.3. The Balaban J connectivity index is 1.32. The minimum absolute atomic E-state index is 0.805. The molecule has 1 aromatic heterocycles. The lowest BCUT2D eigenvalue weighted by atomic mass is 10.1. The second-order valence-electron chi connectivity index (χ2n) is 6.92. The molecule has 1 aliphatic carbocycles. The van der Waals surface area contributed by atoms with Crippen LogP contribution in [0.15, 0.2) is 81.0 Å². The SMILES string of the molecule is CC(=NNc1nc(C2=CCCC=C2)cs1)c1ccc2c(c1)Nc1ccccc1S2. The Labute approximate surface area is 178 Å². The molecule has 0 bridgehead atoms. The van der Waals surface area contributed by atoms with Crippen molar-refractivity contribution in [2.75, 3.05) is 10.7 Å². The zero-order valence-corrected chi connectivity index (χ0v) is 17.6. The lowest BCUT2D eigenvalue weighted by molar-refractivity contribution is 1.04. The van der Waals surface area contributed by atoms with Crippen LogP contribution in [0.3, 0.4) is 0 Å². The highest BCUT2D eigenvalue weighted by Gasteiger charge is 2.16. The van der Waals surface area contributed by atoms with Crippen LogP contribution in [0.2, 0.25) is 0 Å². The Bertz CT molecular complexity index is 1160. The minimum Gasteiger partial charge on any atom is -0.354 e. The number of thiazole rings is 1. The number of hydrogen-bond donors (Lipinski definition) is 2. The third-order valence-electron chi connectivity index (χ3n) is 4.89. The van der Waals surface area contributed by atoms with Gasteiger partial charge in [-0.2, -0.15) is 5.10 Å². The average Bonchev–Trinajstić information content (AvgIpc) is 3.25. The van der Waals surface area contributed by atoms with Gasteiger partial charge in [0.25, 0.3) is 0 Å². The summed E-state index contributed by atoms with van der Waals surface area (Å²) in [5, 5.41) is 11.0. The van der Waals surface area contributed by atoms with E-state index in [4.69, 9.17) is 0 Å². The number of fused-ring (bicyclic) bond motifs is 2. The zero-order valence-electron chi connectivity index (χ0n) is 16.0. The normalized spacial score (nSPS) is 15.2. The first-order valence-electron chi connectivity index (χ1n) is 9.57. The van der Waals surface area contributed by atoms with Crippen molar-refractivity contribution in [2.45, 2.75) is 29.6 Å². The third-order valence-corrected chi connectivity index (χ3v) is 6.79. The predicted molar refractivity (Wildman–Crippen MR) is 125 cm³/mol. The summed E-state index contributed by atoms with van der Waals surface area (Å²) in [6, 6.07) is 14.8. The number of rotatable bonds is 4. The number of benzene rings is 2. The lowest BCUT2D eigenvalue weighted by Gasteiger charge is -2.21.